The minimum atomic E-state index is -2.91. The van der Waals surface area contributed by atoms with Gasteiger partial charge in [0.25, 0.3) is 5.60 Å². The van der Waals surface area contributed by atoms with Crippen molar-refractivity contribution < 1.29 is 50.7 Å². The maximum atomic E-state index is 14.3. The van der Waals surface area contributed by atoms with Crippen LogP contribution in [-0.4, -0.2) is 53.6 Å². The highest BCUT2D eigenvalue weighted by atomic mass is 127. The smallest absolute Gasteiger partial charge is 0.457 e. The summed E-state index contributed by atoms with van der Waals surface area (Å²) in [6.45, 7) is 14.2. The van der Waals surface area contributed by atoms with Crippen LogP contribution in [0.3, 0.4) is 0 Å². The van der Waals surface area contributed by atoms with Gasteiger partial charge in [-0.2, -0.15) is 0 Å². The lowest BCUT2D eigenvalue weighted by atomic mass is 9.85. The van der Waals surface area contributed by atoms with E-state index >= 15 is 0 Å². The Hall–Kier alpha value is -1.96. The van der Waals surface area contributed by atoms with Crippen molar-refractivity contribution in [3.63, 3.8) is 0 Å². The van der Waals surface area contributed by atoms with Crippen molar-refractivity contribution in [3.8, 4) is 0 Å². The number of rotatable bonds is 46. The van der Waals surface area contributed by atoms with E-state index in [0.29, 0.717) is 32.1 Å². The highest BCUT2D eigenvalue weighted by Gasteiger charge is 2.70. The van der Waals surface area contributed by atoms with Gasteiger partial charge in [0, 0.05) is 44.9 Å². The van der Waals surface area contributed by atoms with Crippen LogP contribution in [0.4, 0.5) is 0 Å². The molecule has 0 bridgehead atoms. The van der Waals surface area contributed by atoms with Gasteiger partial charge >= 0.3 is 35.8 Å². The maximum Gasteiger partial charge on any atom is 0.470 e. The minimum absolute atomic E-state index is 0.00381. The van der Waals surface area contributed by atoms with Crippen LogP contribution < -0.4 is 0 Å². The summed E-state index contributed by atoms with van der Waals surface area (Å²) in [5.74, 6) is -6.47. The molecule has 382 valence electrons. The molecule has 0 aromatic rings. The molecule has 0 aliphatic heterocycles. The van der Waals surface area contributed by atoms with Crippen molar-refractivity contribution in [2.45, 2.75) is 310 Å². The molecule has 0 heterocycles. The summed E-state index contributed by atoms with van der Waals surface area (Å²) in [5.41, 5.74) is -2.29. The van der Waals surface area contributed by atoms with Gasteiger partial charge < -0.3 is 26.8 Å². The number of hydrogen-bond donors (Lipinski definition) is 0. The summed E-state index contributed by atoms with van der Waals surface area (Å²) in [7, 11) is 0. The van der Waals surface area contributed by atoms with Gasteiger partial charge in [-0.3, -0.25) is 24.0 Å². The van der Waals surface area contributed by atoms with Crippen LogP contribution in [0.5, 0.6) is 0 Å². The molecule has 65 heavy (non-hydrogen) atoms. The molecule has 0 radical (unpaired) electrons. The van der Waals surface area contributed by atoms with Gasteiger partial charge in [0.1, 0.15) is 23.0 Å². The van der Waals surface area contributed by atoms with Gasteiger partial charge in [0.15, 0.2) is 6.10 Å². The Kier molecular flexibility index (Phi) is 40.9. The first-order valence-corrected chi connectivity index (χ1v) is 27.7. The van der Waals surface area contributed by atoms with Crippen molar-refractivity contribution >= 4 is 52.9 Å². The van der Waals surface area contributed by atoms with Gasteiger partial charge in [0.05, 0.1) is 6.10 Å². The number of unbranched alkanes of at least 4 members (excludes halogenated alkanes) is 25. The Labute approximate surface area is 411 Å². The molecule has 0 fully saturated rings. The molecule has 0 aromatic heterocycles. The molecule has 12 heteroatoms. The van der Waals surface area contributed by atoms with Crippen molar-refractivity contribution in [1.82, 2.24) is 0 Å². The summed E-state index contributed by atoms with van der Waals surface area (Å²) < 4.78 is 37.6. The van der Waals surface area contributed by atoms with Crippen LogP contribution in [0.1, 0.15) is 286 Å². The van der Waals surface area contributed by atoms with Crippen LogP contribution in [-0.2, 0) is 50.7 Å². The largest absolute Gasteiger partial charge is 0.470 e. The SMILES string of the molecule is CCCCCCCCC(=O)OC(CC(C)OI)C(CC)(OC(=O)CCCCCCCC)C(OC(=O)CCCCCCCC)(OC(=O)CCCCCCCC)OC(=O)CCCCCCCC. The lowest BCUT2D eigenvalue weighted by molar-refractivity contribution is -0.408. The van der Waals surface area contributed by atoms with Crippen LogP contribution >= 0.6 is 23.0 Å². The molecule has 3 atom stereocenters. The zero-order valence-electron chi connectivity index (χ0n) is 42.7. The topological polar surface area (TPSA) is 141 Å². The molecule has 0 amide bonds. The standard InChI is InChI=1S/C53H97IO11/c1-8-14-19-24-29-34-39-47(55)60-46(44-45(7)65-54)52(13-6,61-48(56)40-35-30-25-20-15-9-2)53(62-49(57)41-36-31-26-21-16-10-3,63-50(58)42-37-32-27-22-17-11-4)64-51(59)43-38-33-28-23-18-12-5/h45-46H,8-44H2,1-7H3. The first-order valence-electron chi connectivity index (χ1n) is 26.8. The van der Waals surface area contributed by atoms with Gasteiger partial charge in [-0.15, -0.1) is 0 Å². The third kappa shape index (κ3) is 30.2. The zero-order chi connectivity index (χ0) is 48.4. The molecule has 0 rings (SSSR count). The molecule has 0 saturated heterocycles. The van der Waals surface area contributed by atoms with E-state index in [1.54, 1.807) is 36.9 Å². The third-order valence-electron chi connectivity index (χ3n) is 12.2. The Bertz CT molecular complexity index is 1140. The Morgan fingerprint density at radius 1 is 0.385 bits per heavy atom. The van der Waals surface area contributed by atoms with Gasteiger partial charge in [-0.05, 0) is 39.0 Å². The van der Waals surface area contributed by atoms with Crippen LogP contribution in [0.2, 0.25) is 0 Å². The van der Waals surface area contributed by atoms with E-state index in [0.717, 1.165) is 161 Å². The second kappa shape index (κ2) is 42.2. The fraction of sp³-hybridized carbons (Fsp3) is 0.906. The molecule has 11 nitrogen and oxygen atoms in total. The number of esters is 5. The Morgan fingerprint density at radius 3 is 0.923 bits per heavy atom. The van der Waals surface area contributed by atoms with E-state index in [-0.39, 0.29) is 44.9 Å². The van der Waals surface area contributed by atoms with E-state index in [2.05, 4.69) is 34.6 Å². The molecule has 0 N–H and O–H groups in total. The average Bonchev–Trinajstić information content (AvgIpc) is 3.28. The lowest BCUT2D eigenvalue weighted by Crippen LogP contribution is -2.69. The zero-order valence-corrected chi connectivity index (χ0v) is 44.8. The number of carbonyl (C=O) groups excluding carboxylic acids is 5. The van der Waals surface area contributed by atoms with Crippen LogP contribution in [0, 0.1) is 0 Å². The second-order valence-electron chi connectivity index (χ2n) is 18.4. The average molecular weight is 1040 g/mol. The monoisotopic (exact) mass is 1040 g/mol. The predicted molar refractivity (Wildman–Crippen MR) is 269 cm³/mol. The summed E-state index contributed by atoms with van der Waals surface area (Å²) in [5, 5.41) is 0. The van der Waals surface area contributed by atoms with Crippen LogP contribution in [0.15, 0.2) is 0 Å². The molecule has 0 aromatic carbocycles. The summed E-state index contributed by atoms with van der Waals surface area (Å²) in [4.78, 5) is 71.1. The van der Waals surface area contributed by atoms with Crippen LogP contribution in [0.25, 0.3) is 0 Å². The van der Waals surface area contributed by atoms with Gasteiger partial charge in [-0.25, -0.2) is 0 Å². The minimum Gasteiger partial charge on any atom is -0.457 e. The highest BCUT2D eigenvalue weighted by molar-refractivity contribution is 14.1. The normalized spacial score (nSPS) is 13.4. The van der Waals surface area contributed by atoms with E-state index in [9.17, 15) is 24.0 Å². The van der Waals surface area contributed by atoms with E-state index in [1.807, 2.05) is 0 Å². The maximum absolute atomic E-state index is 14.3. The van der Waals surface area contributed by atoms with E-state index < -0.39 is 53.6 Å². The number of ether oxygens (including phenoxy) is 5. The number of hydrogen-bond acceptors (Lipinski definition) is 11. The Balaban J connectivity index is 7.64. The first kappa shape index (κ1) is 63.0. The van der Waals surface area contributed by atoms with Crippen molar-refractivity contribution in [1.29, 1.82) is 0 Å². The van der Waals surface area contributed by atoms with Crippen molar-refractivity contribution in [2.24, 2.45) is 0 Å². The highest BCUT2D eigenvalue weighted by Crippen LogP contribution is 2.44. The molecular formula is C53H97IO11. The fourth-order valence-electron chi connectivity index (χ4n) is 8.16. The number of halogens is 1. The summed E-state index contributed by atoms with van der Waals surface area (Å²) in [6.07, 6.45) is 25.2. The molecule has 3 unspecified atom stereocenters. The molecular weight excluding hydrogens is 939 g/mol. The lowest BCUT2D eigenvalue weighted by Gasteiger charge is -2.48. The Morgan fingerprint density at radius 2 is 0.646 bits per heavy atom. The van der Waals surface area contributed by atoms with E-state index in [1.165, 1.54) is 0 Å². The van der Waals surface area contributed by atoms with Gasteiger partial charge in [-0.1, -0.05) is 202 Å². The molecule has 0 spiro atoms. The molecule has 0 saturated carbocycles. The third-order valence-corrected chi connectivity index (χ3v) is 13.1. The second-order valence-corrected chi connectivity index (χ2v) is 18.9. The van der Waals surface area contributed by atoms with Crippen molar-refractivity contribution in [3.05, 3.63) is 0 Å². The van der Waals surface area contributed by atoms with Gasteiger partial charge in [0.2, 0.25) is 0 Å². The predicted octanol–water partition coefficient (Wildman–Crippen LogP) is 15.8. The summed E-state index contributed by atoms with van der Waals surface area (Å²) >= 11 is 1.77. The first-order chi connectivity index (χ1) is 31.4. The summed E-state index contributed by atoms with van der Waals surface area (Å²) in [6, 6.07) is 0. The quantitative estimate of drug-likeness (QED) is 0.0189. The number of carbonyl (C=O) groups is 5. The molecule has 0 aliphatic rings. The van der Waals surface area contributed by atoms with E-state index in [4.69, 9.17) is 26.8 Å². The fourth-order valence-corrected chi connectivity index (χ4v) is 8.37. The van der Waals surface area contributed by atoms with Crippen molar-refractivity contribution in [2.75, 3.05) is 0 Å². The molecule has 0 aliphatic carbocycles.